The summed E-state index contributed by atoms with van der Waals surface area (Å²) in [6.45, 7) is 7.46. The van der Waals surface area contributed by atoms with Crippen molar-refractivity contribution >= 4 is 17.8 Å². The number of rotatable bonds is 1. The van der Waals surface area contributed by atoms with Gasteiger partial charge in [0.25, 0.3) is 0 Å². The first-order chi connectivity index (χ1) is 11.3. The summed E-state index contributed by atoms with van der Waals surface area (Å²) in [4.78, 5) is 28.1. The number of fused-ring (bicyclic) bond motifs is 1. The molecule has 1 N–H and O–H groups in total. The third kappa shape index (κ3) is 3.63. The largest absolute Gasteiger partial charge is 0.444 e. The van der Waals surface area contributed by atoms with Crippen LogP contribution in [0.2, 0.25) is 0 Å². The molecule has 1 aromatic rings. The Morgan fingerprint density at radius 1 is 1.21 bits per heavy atom. The minimum Gasteiger partial charge on any atom is -0.444 e. The van der Waals surface area contributed by atoms with E-state index in [9.17, 15) is 9.59 Å². The molecule has 2 heterocycles. The van der Waals surface area contributed by atoms with Crippen LogP contribution in [-0.4, -0.2) is 46.7 Å². The van der Waals surface area contributed by atoms with E-state index in [-0.39, 0.29) is 18.2 Å². The zero-order valence-electron chi connectivity index (χ0n) is 14.5. The number of anilines is 1. The van der Waals surface area contributed by atoms with Gasteiger partial charge in [0.1, 0.15) is 5.60 Å². The van der Waals surface area contributed by atoms with E-state index in [1.165, 1.54) is 0 Å². The molecule has 6 heteroatoms. The normalized spacial score (nSPS) is 18.9. The van der Waals surface area contributed by atoms with E-state index in [0.717, 1.165) is 24.1 Å². The van der Waals surface area contributed by atoms with Crippen LogP contribution in [0.25, 0.3) is 0 Å². The van der Waals surface area contributed by atoms with Crippen molar-refractivity contribution in [1.29, 1.82) is 0 Å². The molecule has 0 spiro atoms. The van der Waals surface area contributed by atoms with E-state index < -0.39 is 5.60 Å². The van der Waals surface area contributed by atoms with Crippen LogP contribution in [-0.2, 0) is 11.3 Å². The highest BCUT2D eigenvalue weighted by Gasteiger charge is 2.33. The number of hydrogen-bond acceptors (Lipinski definition) is 3. The summed E-state index contributed by atoms with van der Waals surface area (Å²) in [5, 5.41) is 2.95. The molecule has 0 atom stereocenters. The number of ether oxygens (including phenoxy) is 1. The Balaban J connectivity index is 1.59. The van der Waals surface area contributed by atoms with Gasteiger partial charge in [0, 0.05) is 31.4 Å². The van der Waals surface area contributed by atoms with Crippen LogP contribution in [0, 0.1) is 0 Å². The number of benzene rings is 1. The van der Waals surface area contributed by atoms with Crippen LogP contribution in [0.1, 0.15) is 39.2 Å². The first kappa shape index (κ1) is 16.6. The second-order valence-corrected chi connectivity index (χ2v) is 7.41. The van der Waals surface area contributed by atoms with Crippen LogP contribution in [0.4, 0.5) is 15.3 Å². The zero-order valence-corrected chi connectivity index (χ0v) is 14.5. The fraction of sp³-hybridized carbons (Fsp3) is 0.556. The van der Waals surface area contributed by atoms with Crippen LogP contribution in [0.3, 0.4) is 0 Å². The van der Waals surface area contributed by atoms with E-state index in [1.807, 2.05) is 49.9 Å². The first-order valence-corrected chi connectivity index (χ1v) is 8.47. The predicted octanol–water partition coefficient (Wildman–Crippen LogP) is 3.43. The predicted molar refractivity (Wildman–Crippen MR) is 91.8 cm³/mol. The second kappa shape index (κ2) is 6.34. The van der Waals surface area contributed by atoms with Gasteiger partial charge in [0.15, 0.2) is 0 Å². The topological polar surface area (TPSA) is 61.9 Å². The SMILES string of the molecule is CC(C)(C)OC(=O)N1CCC(N2Cc3ccccc3NC2=O)CC1. The van der Waals surface area contributed by atoms with Gasteiger partial charge in [-0.3, -0.25) is 0 Å². The van der Waals surface area contributed by atoms with Gasteiger partial charge in [-0.05, 0) is 45.2 Å². The molecule has 1 fully saturated rings. The lowest BCUT2D eigenvalue weighted by atomic mass is 10.0. The number of amides is 3. The number of para-hydroxylation sites is 1. The second-order valence-electron chi connectivity index (χ2n) is 7.41. The van der Waals surface area contributed by atoms with Gasteiger partial charge in [-0.25, -0.2) is 9.59 Å². The number of urea groups is 1. The van der Waals surface area contributed by atoms with Crippen molar-refractivity contribution in [3.05, 3.63) is 29.8 Å². The minimum atomic E-state index is -0.482. The summed E-state index contributed by atoms with van der Waals surface area (Å²) < 4.78 is 5.42. The molecule has 2 aliphatic rings. The lowest BCUT2D eigenvalue weighted by Crippen LogP contribution is -2.51. The van der Waals surface area contributed by atoms with Gasteiger partial charge in [0.05, 0.1) is 0 Å². The highest BCUT2D eigenvalue weighted by Crippen LogP contribution is 2.27. The maximum atomic E-state index is 12.4. The number of nitrogens with zero attached hydrogens (tertiary/aromatic N) is 2. The van der Waals surface area contributed by atoms with E-state index >= 15 is 0 Å². The average Bonchev–Trinajstić information content (AvgIpc) is 2.53. The Hall–Kier alpha value is -2.24. The van der Waals surface area contributed by atoms with E-state index in [2.05, 4.69) is 5.32 Å². The molecule has 0 aliphatic carbocycles. The summed E-state index contributed by atoms with van der Waals surface area (Å²) >= 11 is 0. The average molecular weight is 331 g/mol. The number of piperidine rings is 1. The van der Waals surface area contributed by atoms with Gasteiger partial charge < -0.3 is 19.9 Å². The molecule has 0 radical (unpaired) electrons. The van der Waals surface area contributed by atoms with E-state index in [1.54, 1.807) is 4.90 Å². The number of nitrogens with one attached hydrogen (secondary N) is 1. The molecule has 24 heavy (non-hydrogen) atoms. The molecular formula is C18H25N3O3. The molecule has 3 rings (SSSR count). The molecule has 1 aromatic carbocycles. The van der Waals surface area contributed by atoms with E-state index in [4.69, 9.17) is 4.74 Å². The monoisotopic (exact) mass is 331 g/mol. The molecule has 0 aromatic heterocycles. The van der Waals surface area contributed by atoms with Crippen molar-refractivity contribution in [2.45, 2.75) is 51.8 Å². The van der Waals surface area contributed by atoms with Gasteiger partial charge in [-0.2, -0.15) is 0 Å². The molecule has 6 nitrogen and oxygen atoms in total. The van der Waals surface area contributed by atoms with Crippen LogP contribution >= 0.6 is 0 Å². The zero-order chi connectivity index (χ0) is 17.3. The Labute approximate surface area is 142 Å². The summed E-state index contributed by atoms with van der Waals surface area (Å²) in [6, 6.07) is 7.97. The van der Waals surface area contributed by atoms with Crippen LogP contribution in [0.15, 0.2) is 24.3 Å². The number of likely N-dealkylation sites (tertiary alicyclic amines) is 1. The van der Waals surface area contributed by atoms with Gasteiger partial charge >= 0.3 is 12.1 Å². The van der Waals surface area contributed by atoms with Crippen LogP contribution in [0.5, 0.6) is 0 Å². The fourth-order valence-electron chi connectivity index (χ4n) is 3.20. The van der Waals surface area contributed by atoms with Crippen molar-refractivity contribution < 1.29 is 14.3 Å². The van der Waals surface area contributed by atoms with Crippen molar-refractivity contribution in [3.8, 4) is 0 Å². The van der Waals surface area contributed by atoms with Crippen molar-refractivity contribution in [2.75, 3.05) is 18.4 Å². The summed E-state index contributed by atoms with van der Waals surface area (Å²) in [5.41, 5.74) is 1.54. The standard InChI is InChI=1S/C18H25N3O3/c1-18(2,3)24-17(23)20-10-8-14(9-11-20)21-12-13-6-4-5-7-15(13)19-16(21)22/h4-7,14H,8-12H2,1-3H3,(H,19,22). The third-order valence-corrected chi connectivity index (χ3v) is 4.42. The maximum absolute atomic E-state index is 12.4. The van der Waals surface area contributed by atoms with Crippen molar-refractivity contribution in [1.82, 2.24) is 9.80 Å². The first-order valence-electron chi connectivity index (χ1n) is 8.47. The van der Waals surface area contributed by atoms with Crippen LogP contribution < -0.4 is 5.32 Å². The maximum Gasteiger partial charge on any atom is 0.410 e. The highest BCUT2D eigenvalue weighted by molar-refractivity contribution is 5.92. The number of carbonyl (C=O) groups excluding carboxylic acids is 2. The Kier molecular flexibility index (Phi) is 4.39. The van der Waals surface area contributed by atoms with Gasteiger partial charge in [-0.15, -0.1) is 0 Å². The lowest BCUT2D eigenvalue weighted by Gasteiger charge is -2.40. The summed E-state index contributed by atoms with van der Waals surface area (Å²) in [6.07, 6.45) is 1.28. The molecule has 0 saturated carbocycles. The Morgan fingerprint density at radius 2 is 1.88 bits per heavy atom. The highest BCUT2D eigenvalue weighted by atomic mass is 16.6. The lowest BCUT2D eigenvalue weighted by molar-refractivity contribution is 0.0163. The molecule has 3 amide bonds. The smallest absolute Gasteiger partial charge is 0.410 e. The molecule has 0 bridgehead atoms. The quantitative estimate of drug-likeness (QED) is 0.857. The Morgan fingerprint density at radius 3 is 2.54 bits per heavy atom. The van der Waals surface area contributed by atoms with Gasteiger partial charge in [-0.1, -0.05) is 18.2 Å². The molecular weight excluding hydrogens is 306 g/mol. The molecule has 130 valence electrons. The fourth-order valence-corrected chi connectivity index (χ4v) is 3.20. The third-order valence-electron chi connectivity index (χ3n) is 4.42. The number of hydrogen-bond donors (Lipinski definition) is 1. The minimum absolute atomic E-state index is 0.0515. The molecule has 2 aliphatic heterocycles. The summed E-state index contributed by atoms with van der Waals surface area (Å²) in [5.74, 6) is 0. The molecule has 0 unspecified atom stereocenters. The summed E-state index contributed by atoms with van der Waals surface area (Å²) in [7, 11) is 0. The van der Waals surface area contributed by atoms with E-state index in [0.29, 0.717) is 19.6 Å². The number of carbonyl (C=O) groups is 2. The van der Waals surface area contributed by atoms with Gasteiger partial charge in [0.2, 0.25) is 0 Å². The Bertz CT molecular complexity index is 631. The van der Waals surface area contributed by atoms with Crippen molar-refractivity contribution in [3.63, 3.8) is 0 Å². The van der Waals surface area contributed by atoms with Crippen molar-refractivity contribution in [2.24, 2.45) is 0 Å². The molecule has 1 saturated heterocycles.